The molecule has 0 fully saturated rings. The van der Waals surface area contributed by atoms with Crippen LogP contribution >= 0.6 is 0 Å². The minimum absolute atomic E-state index is 0.317. The maximum atomic E-state index is 11.8. The van der Waals surface area contributed by atoms with E-state index in [0.717, 1.165) is 5.69 Å². The number of nitrogens with one attached hydrogen (secondary N) is 1. The molecule has 0 spiro atoms. The number of aromatic nitrogens is 3. The molecule has 0 aliphatic carbocycles. The van der Waals surface area contributed by atoms with Crippen molar-refractivity contribution in [2.24, 2.45) is 7.05 Å². The largest absolute Gasteiger partial charge is 0.444 e. The predicted molar refractivity (Wildman–Crippen MR) is 75.6 cm³/mol. The van der Waals surface area contributed by atoms with Crippen LogP contribution in [-0.2, 0) is 18.2 Å². The predicted octanol–water partition coefficient (Wildman–Crippen LogP) is -0.00420. The number of amides is 1. The van der Waals surface area contributed by atoms with Gasteiger partial charge in [-0.2, -0.15) is 0 Å². The van der Waals surface area contributed by atoms with Gasteiger partial charge in [-0.3, -0.25) is 4.68 Å². The molecule has 3 N–H and O–H groups in total. The summed E-state index contributed by atoms with van der Waals surface area (Å²) in [6.07, 6.45) is 1.85. The Labute approximate surface area is 124 Å². The summed E-state index contributed by atoms with van der Waals surface area (Å²) in [5.41, 5.74) is -1.08. The second-order valence-corrected chi connectivity index (χ2v) is 6.11. The molecule has 8 heteroatoms. The van der Waals surface area contributed by atoms with Gasteiger partial charge in [-0.25, -0.2) is 4.79 Å². The molecule has 1 amide bonds. The van der Waals surface area contributed by atoms with E-state index in [1.165, 1.54) is 0 Å². The van der Waals surface area contributed by atoms with Crippen molar-refractivity contribution >= 4 is 6.09 Å². The lowest BCUT2D eigenvalue weighted by molar-refractivity contribution is 0.0276. The van der Waals surface area contributed by atoms with Gasteiger partial charge in [0.25, 0.3) is 0 Å². The zero-order valence-electron chi connectivity index (χ0n) is 13.0. The van der Waals surface area contributed by atoms with Crippen LogP contribution in [-0.4, -0.2) is 55.7 Å². The number of ether oxygens (including phenoxy) is 1. The lowest BCUT2D eigenvalue weighted by Crippen LogP contribution is -2.55. The van der Waals surface area contributed by atoms with Crippen LogP contribution in [0.25, 0.3) is 0 Å². The summed E-state index contributed by atoms with van der Waals surface area (Å²) in [6, 6.07) is 0. The van der Waals surface area contributed by atoms with Gasteiger partial charge in [-0.15, -0.1) is 5.10 Å². The van der Waals surface area contributed by atoms with E-state index in [0.29, 0.717) is 12.8 Å². The van der Waals surface area contributed by atoms with Crippen molar-refractivity contribution in [1.29, 1.82) is 0 Å². The number of nitrogens with zero attached hydrogens (tertiary/aromatic N) is 3. The molecule has 0 radical (unpaired) electrons. The minimum atomic E-state index is -1.15. The standard InChI is InChI=1S/C13H24N4O4/c1-12(2,3)21-11(20)14-13(8-18,9-19)6-5-10-7-17(4)16-15-10/h7,18-19H,5-6,8-9H2,1-4H3,(H,14,20). The van der Waals surface area contributed by atoms with Crippen LogP contribution < -0.4 is 5.32 Å². The van der Waals surface area contributed by atoms with Crippen LogP contribution in [0.1, 0.15) is 32.9 Å². The fourth-order valence-electron chi connectivity index (χ4n) is 1.75. The molecule has 0 aliphatic rings. The first-order valence-electron chi connectivity index (χ1n) is 6.78. The summed E-state index contributed by atoms with van der Waals surface area (Å²) in [4.78, 5) is 11.8. The summed E-state index contributed by atoms with van der Waals surface area (Å²) in [7, 11) is 1.75. The van der Waals surface area contributed by atoms with Crippen molar-refractivity contribution < 1.29 is 19.7 Å². The van der Waals surface area contributed by atoms with Crippen LogP contribution in [0.2, 0.25) is 0 Å². The van der Waals surface area contributed by atoms with Crippen molar-refractivity contribution in [3.05, 3.63) is 11.9 Å². The van der Waals surface area contributed by atoms with Crippen molar-refractivity contribution in [3.63, 3.8) is 0 Å². The molecule has 0 atom stereocenters. The highest BCUT2D eigenvalue weighted by Gasteiger charge is 2.32. The number of hydrogen-bond acceptors (Lipinski definition) is 6. The summed E-state index contributed by atoms with van der Waals surface area (Å²) in [5, 5.41) is 29.4. The first-order valence-corrected chi connectivity index (χ1v) is 6.78. The highest BCUT2D eigenvalue weighted by Crippen LogP contribution is 2.15. The van der Waals surface area contributed by atoms with Gasteiger partial charge in [0.2, 0.25) is 0 Å². The number of rotatable bonds is 6. The number of alkyl carbamates (subject to hydrolysis) is 1. The molecule has 0 aliphatic heterocycles. The van der Waals surface area contributed by atoms with Gasteiger partial charge in [0.15, 0.2) is 0 Å². The van der Waals surface area contributed by atoms with Gasteiger partial charge >= 0.3 is 6.09 Å². The monoisotopic (exact) mass is 300 g/mol. The van der Waals surface area contributed by atoms with Gasteiger partial charge < -0.3 is 20.3 Å². The average molecular weight is 300 g/mol. The number of aliphatic hydroxyl groups excluding tert-OH is 2. The molecule has 8 nitrogen and oxygen atoms in total. The fraction of sp³-hybridized carbons (Fsp3) is 0.769. The van der Waals surface area contributed by atoms with Gasteiger partial charge in [0.05, 0.1) is 24.4 Å². The Bertz CT molecular complexity index is 463. The van der Waals surface area contributed by atoms with E-state index in [1.807, 2.05) is 0 Å². The molecule has 0 bridgehead atoms. The number of hydrogen-bond donors (Lipinski definition) is 3. The number of aryl methyl sites for hydroxylation is 2. The lowest BCUT2D eigenvalue weighted by atomic mass is 9.94. The van der Waals surface area contributed by atoms with E-state index < -0.39 is 30.4 Å². The number of carbonyl (C=O) groups is 1. The molecule has 21 heavy (non-hydrogen) atoms. The highest BCUT2D eigenvalue weighted by molar-refractivity contribution is 5.68. The normalized spacial score (nSPS) is 12.3. The quantitative estimate of drug-likeness (QED) is 0.682. The Hall–Kier alpha value is -1.67. The Morgan fingerprint density at radius 1 is 1.38 bits per heavy atom. The Morgan fingerprint density at radius 2 is 2.00 bits per heavy atom. The van der Waals surface area contributed by atoms with Crippen LogP contribution in [0.15, 0.2) is 6.20 Å². The van der Waals surface area contributed by atoms with Crippen molar-refractivity contribution in [2.45, 2.75) is 44.8 Å². The summed E-state index contributed by atoms with van der Waals surface area (Å²) < 4.78 is 6.71. The van der Waals surface area contributed by atoms with Gasteiger partial charge in [-0.05, 0) is 33.6 Å². The first-order chi connectivity index (χ1) is 9.69. The molecular weight excluding hydrogens is 276 g/mol. The Morgan fingerprint density at radius 3 is 2.43 bits per heavy atom. The number of carbonyl (C=O) groups excluding carboxylic acids is 1. The minimum Gasteiger partial charge on any atom is -0.444 e. The SMILES string of the molecule is Cn1cc(CCC(CO)(CO)NC(=O)OC(C)(C)C)nn1. The second-order valence-electron chi connectivity index (χ2n) is 6.11. The third-order valence-electron chi connectivity index (χ3n) is 2.88. The topological polar surface area (TPSA) is 110 Å². The highest BCUT2D eigenvalue weighted by atomic mass is 16.6. The summed E-state index contributed by atoms with van der Waals surface area (Å²) in [6.45, 7) is 4.43. The first kappa shape index (κ1) is 17.4. The van der Waals surface area contributed by atoms with Crippen LogP contribution in [0, 0.1) is 0 Å². The Kier molecular flexibility index (Phi) is 5.68. The maximum absolute atomic E-state index is 11.8. The van der Waals surface area contributed by atoms with Crippen LogP contribution in [0.5, 0.6) is 0 Å². The molecule has 1 aromatic rings. The maximum Gasteiger partial charge on any atom is 0.408 e. The number of aliphatic hydroxyl groups is 2. The van der Waals surface area contributed by atoms with Crippen LogP contribution in [0.4, 0.5) is 4.79 Å². The van der Waals surface area contributed by atoms with Crippen molar-refractivity contribution in [3.8, 4) is 0 Å². The molecule has 1 rings (SSSR count). The summed E-state index contributed by atoms with van der Waals surface area (Å²) in [5.74, 6) is 0. The smallest absolute Gasteiger partial charge is 0.408 e. The van der Waals surface area contributed by atoms with Gasteiger partial charge in [0.1, 0.15) is 5.60 Å². The van der Waals surface area contributed by atoms with Gasteiger partial charge in [0, 0.05) is 13.2 Å². The molecule has 1 aromatic heterocycles. The van der Waals surface area contributed by atoms with E-state index in [1.54, 1.807) is 38.7 Å². The molecule has 120 valence electrons. The third-order valence-corrected chi connectivity index (χ3v) is 2.88. The van der Waals surface area contributed by atoms with E-state index in [-0.39, 0.29) is 0 Å². The summed E-state index contributed by atoms with van der Waals surface area (Å²) >= 11 is 0. The fourth-order valence-corrected chi connectivity index (χ4v) is 1.75. The van der Waals surface area contributed by atoms with E-state index in [4.69, 9.17) is 4.74 Å². The molecule has 0 unspecified atom stereocenters. The van der Waals surface area contributed by atoms with Crippen molar-refractivity contribution in [1.82, 2.24) is 20.3 Å². The van der Waals surface area contributed by atoms with E-state index >= 15 is 0 Å². The molecule has 0 aromatic carbocycles. The molecule has 0 saturated carbocycles. The zero-order valence-corrected chi connectivity index (χ0v) is 13.0. The van der Waals surface area contributed by atoms with E-state index in [2.05, 4.69) is 15.6 Å². The van der Waals surface area contributed by atoms with E-state index in [9.17, 15) is 15.0 Å². The lowest BCUT2D eigenvalue weighted by Gasteiger charge is -2.32. The third kappa shape index (κ3) is 5.68. The Balaban J connectivity index is 2.66. The molecular formula is C13H24N4O4. The average Bonchev–Trinajstić information content (AvgIpc) is 2.78. The molecule has 1 heterocycles. The molecule has 0 saturated heterocycles. The second kappa shape index (κ2) is 6.86. The van der Waals surface area contributed by atoms with Crippen LogP contribution in [0.3, 0.4) is 0 Å². The van der Waals surface area contributed by atoms with Crippen molar-refractivity contribution in [2.75, 3.05) is 13.2 Å². The zero-order chi connectivity index (χ0) is 16.1. The van der Waals surface area contributed by atoms with Gasteiger partial charge in [-0.1, -0.05) is 5.21 Å².